The molecule has 0 rings (SSSR count). The van der Waals surface area contributed by atoms with Crippen LogP contribution >= 0.6 is 0 Å². The summed E-state index contributed by atoms with van der Waals surface area (Å²) in [5, 5.41) is 0. The lowest BCUT2D eigenvalue weighted by molar-refractivity contribution is -0.153. The molecule has 0 amide bonds. The van der Waals surface area contributed by atoms with Crippen molar-refractivity contribution in [1.29, 1.82) is 0 Å². The molecule has 0 N–H and O–H groups in total. The highest BCUT2D eigenvalue weighted by Gasteiger charge is 2.17. The van der Waals surface area contributed by atoms with E-state index in [4.69, 9.17) is 4.74 Å². The number of ether oxygens (including phenoxy) is 1. The summed E-state index contributed by atoms with van der Waals surface area (Å²) in [6, 6.07) is 0. The van der Waals surface area contributed by atoms with Gasteiger partial charge >= 0.3 is 5.97 Å². The van der Waals surface area contributed by atoms with E-state index in [-0.39, 0.29) is 18.0 Å². The van der Waals surface area contributed by atoms with Crippen LogP contribution in [0.5, 0.6) is 0 Å². The number of esters is 1. The average Bonchev–Trinajstić information content (AvgIpc) is 2.02. The molecular formula is C12H24O2. The first kappa shape index (κ1) is 13.5. The van der Waals surface area contributed by atoms with Crippen LogP contribution in [0.4, 0.5) is 0 Å². The Bertz CT molecular complexity index is 164. The standard InChI is InChI=1S/C12H24O2/c1-6-7-11(5)14-12(13)10(4)8-9(2)3/h9-11H,6-8H2,1-5H3. The molecular weight excluding hydrogens is 176 g/mol. The third-order valence-electron chi connectivity index (χ3n) is 2.24. The highest BCUT2D eigenvalue weighted by Crippen LogP contribution is 2.14. The van der Waals surface area contributed by atoms with E-state index in [9.17, 15) is 4.79 Å². The highest BCUT2D eigenvalue weighted by molar-refractivity contribution is 5.72. The van der Waals surface area contributed by atoms with Crippen LogP contribution in [0.25, 0.3) is 0 Å². The van der Waals surface area contributed by atoms with Gasteiger partial charge in [0.1, 0.15) is 0 Å². The van der Waals surface area contributed by atoms with Crippen LogP contribution in [0.3, 0.4) is 0 Å². The average molecular weight is 200 g/mol. The van der Waals surface area contributed by atoms with Gasteiger partial charge in [0.05, 0.1) is 12.0 Å². The summed E-state index contributed by atoms with van der Waals surface area (Å²) in [7, 11) is 0. The Kier molecular flexibility index (Phi) is 6.60. The smallest absolute Gasteiger partial charge is 0.308 e. The molecule has 0 saturated carbocycles. The minimum absolute atomic E-state index is 0.0364. The molecule has 0 bridgehead atoms. The van der Waals surface area contributed by atoms with Gasteiger partial charge in [-0.05, 0) is 25.7 Å². The number of rotatable bonds is 6. The van der Waals surface area contributed by atoms with Gasteiger partial charge in [-0.2, -0.15) is 0 Å². The van der Waals surface area contributed by atoms with Crippen LogP contribution in [0, 0.1) is 11.8 Å². The van der Waals surface area contributed by atoms with Crippen molar-refractivity contribution < 1.29 is 9.53 Å². The summed E-state index contributed by atoms with van der Waals surface area (Å²) in [4.78, 5) is 11.5. The summed E-state index contributed by atoms with van der Waals surface area (Å²) in [5.41, 5.74) is 0. The van der Waals surface area contributed by atoms with Gasteiger partial charge in [-0.1, -0.05) is 34.1 Å². The lowest BCUT2D eigenvalue weighted by atomic mass is 9.99. The molecule has 2 atom stereocenters. The quantitative estimate of drug-likeness (QED) is 0.614. The zero-order valence-electron chi connectivity index (χ0n) is 10.2. The first-order valence-electron chi connectivity index (χ1n) is 5.67. The van der Waals surface area contributed by atoms with Crippen molar-refractivity contribution in [2.75, 3.05) is 0 Å². The Labute approximate surface area is 88.0 Å². The van der Waals surface area contributed by atoms with E-state index in [0.29, 0.717) is 5.92 Å². The van der Waals surface area contributed by atoms with Crippen LogP contribution in [0.2, 0.25) is 0 Å². The van der Waals surface area contributed by atoms with Gasteiger partial charge in [0, 0.05) is 0 Å². The molecule has 0 spiro atoms. The molecule has 14 heavy (non-hydrogen) atoms. The van der Waals surface area contributed by atoms with Gasteiger partial charge in [-0.3, -0.25) is 4.79 Å². The zero-order valence-corrected chi connectivity index (χ0v) is 10.2. The fourth-order valence-electron chi connectivity index (χ4n) is 1.58. The molecule has 0 aromatic rings. The Morgan fingerprint density at radius 1 is 1.21 bits per heavy atom. The van der Waals surface area contributed by atoms with E-state index >= 15 is 0 Å². The molecule has 2 heteroatoms. The number of carbonyl (C=O) groups excluding carboxylic acids is 1. The molecule has 0 aliphatic heterocycles. The fourth-order valence-corrected chi connectivity index (χ4v) is 1.58. The van der Waals surface area contributed by atoms with Gasteiger partial charge in [0.2, 0.25) is 0 Å². The second-order valence-electron chi connectivity index (χ2n) is 4.57. The lowest BCUT2D eigenvalue weighted by Gasteiger charge is -2.17. The predicted octanol–water partition coefficient (Wildman–Crippen LogP) is 3.40. The predicted molar refractivity (Wildman–Crippen MR) is 59.1 cm³/mol. The summed E-state index contributed by atoms with van der Waals surface area (Å²) in [6.07, 6.45) is 3.01. The minimum Gasteiger partial charge on any atom is -0.462 e. The van der Waals surface area contributed by atoms with E-state index in [2.05, 4.69) is 20.8 Å². The maximum atomic E-state index is 11.5. The van der Waals surface area contributed by atoms with Crippen molar-refractivity contribution in [1.82, 2.24) is 0 Å². The van der Waals surface area contributed by atoms with Gasteiger partial charge in [-0.15, -0.1) is 0 Å². The third kappa shape index (κ3) is 6.01. The van der Waals surface area contributed by atoms with Crippen molar-refractivity contribution in [3.63, 3.8) is 0 Å². The van der Waals surface area contributed by atoms with Crippen molar-refractivity contribution in [2.45, 2.75) is 60.0 Å². The fraction of sp³-hybridized carbons (Fsp3) is 0.917. The Balaban J connectivity index is 3.82. The highest BCUT2D eigenvalue weighted by atomic mass is 16.5. The van der Waals surface area contributed by atoms with E-state index in [0.717, 1.165) is 19.3 Å². The van der Waals surface area contributed by atoms with Crippen molar-refractivity contribution >= 4 is 5.97 Å². The Hall–Kier alpha value is -0.530. The van der Waals surface area contributed by atoms with Gasteiger partial charge in [0.25, 0.3) is 0 Å². The van der Waals surface area contributed by atoms with Crippen LogP contribution in [0.15, 0.2) is 0 Å². The van der Waals surface area contributed by atoms with Crippen LogP contribution < -0.4 is 0 Å². The van der Waals surface area contributed by atoms with E-state index in [1.807, 2.05) is 13.8 Å². The molecule has 84 valence electrons. The second-order valence-corrected chi connectivity index (χ2v) is 4.57. The maximum Gasteiger partial charge on any atom is 0.308 e. The summed E-state index contributed by atoms with van der Waals surface area (Å²) < 4.78 is 5.31. The normalized spacial score (nSPS) is 15.3. The molecule has 0 aliphatic rings. The SMILES string of the molecule is CCCC(C)OC(=O)C(C)CC(C)C. The summed E-state index contributed by atoms with van der Waals surface area (Å²) >= 11 is 0. The van der Waals surface area contributed by atoms with Crippen LogP contribution in [-0.2, 0) is 9.53 Å². The summed E-state index contributed by atoms with van der Waals surface area (Å²) in [5.74, 6) is 0.549. The number of hydrogen-bond acceptors (Lipinski definition) is 2. The van der Waals surface area contributed by atoms with Gasteiger partial charge < -0.3 is 4.74 Å². The maximum absolute atomic E-state index is 11.5. The lowest BCUT2D eigenvalue weighted by Crippen LogP contribution is -2.21. The molecule has 0 aromatic heterocycles. The van der Waals surface area contributed by atoms with Crippen LogP contribution in [0.1, 0.15) is 53.9 Å². The molecule has 0 aliphatic carbocycles. The van der Waals surface area contributed by atoms with Gasteiger partial charge in [0.15, 0.2) is 0 Å². The third-order valence-corrected chi connectivity index (χ3v) is 2.24. The first-order valence-corrected chi connectivity index (χ1v) is 5.67. The monoisotopic (exact) mass is 200 g/mol. The molecule has 0 aromatic carbocycles. The van der Waals surface area contributed by atoms with Gasteiger partial charge in [-0.25, -0.2) is 0 Å². The molecule has 0 saturated heterocycles. The molecule has 0 radical (unpaired) electrons. The Morgan fingerprint density at radius 3 is 2.21 bits per heavy atom. The van der Waals surface area contributed by atoms with E-state index < -0.39 is 0 Å². The van der Waals surface area contributed by atoms with Crippen molar-refractivity contribution in [3.8, 4) is 0 Å². The van der Waals surface area contributed by atoms with Crippen molar-refractivity contribution in [2.24, 2.45) is 11.8 Å². The first-order chi connectivity index (χ1) is 6.47. The number of hydrogen-bond donors (Lipinski definition) is 0. The molecule has 0 fully saturated rings. The molecule has 2 nitrogen and oxygen atoms in total. The molecule has 0 heterocycles. The van der Waals surface area contributed by atoms with E-state index in [1.54, 1.807) is 0 Å². The summed E-state index contributed by atoms with van der Waals surface area (Å²) in [6.45, 7) is 10.3. The minimum atomic E-state index is -0.0420. The van der Waals surface area contributed by atoms with Crippen LogP contribution in [-0.4, -0.2) is 12.1 Å². The van der Waals surface area contributed by atoms with Crippen molar-refractivity contribution in [3.05, 3.63) is 0 Å². The zero-order chi connectivity index (χ0) is 11.1. The number of carbonyl (C=O) groups is 1. The Morgan fingerprint density at radius 2 is 1.79 bits per heavy atom. The largest absolute Gasteiger partial charge is 0.462 e. The van der Waals surface area contributed by atoms with E-state index in [1.165, 1.54) is 0 Å². The molecule has 2 unspecified atom stereocenters. The topological polar surface area (TPSA) is 26.3 Å². The second kappa shape index (κ2) is 6.86.